The van der Waals surface area contributed by atoms with Crippen molar-refractivity contribution < 1.29 is 18.7 Å². The minimum absolute atomic E-state index is 0.0988. The average molecular weight is 545 g/mol. The highest BCUT2D eigenvalue weighted by Gasteiger charge is 2.29. The lowest BCUT2D eigenvalue weighted by molar-refractivity contribution is -0.123. The fourth-order valence-electron chi connectivity index (χ4n) is 4.82. The van der Waals surface area contributed by atoms with E-state index in [-0.39, 0.29) is 29.6 Å². The molecule has 8 heteroatoms. The molecule has 3 aromatic carbocycles. The lowest BCUT2D eigenvalue weighted by Gasteiger charge is -2.34. The number of nitrogens with one attached hydrogen (secondary N) is 1. The molecule has 0 saturated heterocycles. The monoisotopic (exact) mass is 544 g/mol. The molecule has 4 rings (SSSR count). The van der Waals surface area contributed by atoms with Gasteiger partial charge in [0.1, 0.15) is 11.9 Å². The lowest BCUT2D eigenvalue weighted by Crippen LogP contribution is -2.36. The maximum atomic E-state index is 13.7. The molecule has 0 aromatic heterocycles. The second-order valence-electron chi connectivity index (χ2n) is 9.77. The quantitative estimate of drug-likeness (QED) is 0.334. The van der Waals surface area contributed by atoms with Crippen LogP contribution in [0, 0.1) is 12.8 Å². The fourth-order valence-corrected chi connectivity index (χ4v) is 4.90. The molecule has 3 N–H and O–H groups in total. The summed E-state index contributed by atoms with van der Waals surface area (Å²) < 4.78 is 4.41. The number of nitrogens with zero attached hydrogens (tertiary/aromatic N) is 1. The lowest BCUT2D eigenvalue weighted by atomic mass is 9.86. The van der Waals surface area contributed by atoms with Gasteiger partial charge < -0.3 is 20.2 Å². The normalized spacial score (nSPS) is 14.9. The highest BCUT2D eigenvalue weighted by Crippen LogP contribution is 2.41. The molecule has 201 valence electrons. The van der Waals surface area contributed by atoms with Crippen LogP contribution in [0.3, 0.4) is 0 Å². The summed E-state index contributed by atoms with van der Waals surface area (Å²) in [5.41, 5.74) is 11.5. The number of anilines is 3. The van der Waals surface area contributed by atoms with Gasteiger partial charge in [-0.25, -0.2) is 4.79 Å². The van der Waals surface area contributed by atoms with Crippen molar-refractivity contribution in [2.24, 2.45) is 11.7 Å². The third-order valence-corrected chi connectivity index (χ3v) is 6.97. The van der Waals surface area contributed by atoms with Crippen LogP contribution in [0.5, 0.6) is 0 Å². The molecule has 1 atom stereocenters. The summed E-state index contributed by atoms with van der Waals surface area (Å²) in [4.78, 5) is 40.6. The number of Topliss-reactive ketones (excluding diaryl/α,β-unsaturated/α-hetero) is 1. The zero-order valence-corrected chi connectivity index (χ0v) is 22.7. The average Bonchev–Trinajstić information content (AvgIpc) is 2.95. The molecular weight excluding hydrogens is 514 g/mol. The third kappa shape index (κ3) is 6.21. The number of ketones is 1. The van der Waals surface area contributed by atoms with E-state index in [4.69, 9.17) is 17.6 Å². The molecular formula is C31H31ClN3O4. The first-order chi connectivity index (χ1) is 18.7. The van der Waals surface area contributed by atoms with Crippen molar-refractivity contribution in [3.05, 3.63) is 102 Å². The van der Waals surface area contributed by atoms with Gasteiger partial charge in [-0.2, -0.15) is 0 Å². The van der Waals surface area contributed by atoms with Crippen LogP contribution in [0.2, 0.25) is 0 Å². The Bertz CT molecular complexity index is 1420. The summed E-state index contributed by atoms with van der Waals surface area (Å²) in [5.74, 6) is -1.32. The van der Waals surface area contributed by atoms with Gasteiger partial charge in [0.2, 0.25) is 0 Å². The van der Waals surface area contributed by atoms with Gasteiger partial charge in [-0.05, 0) is 54.8 Å². The highest BCUT2D eigenvalue weighted by molar-refractivity contribution is 6.16. The number of rotatable bonds is 8. The fraction of sp³-hybridized carbons (Fsp3) is 0.226. The molecule has 1 aliphatic heterocycles. The molecule has 39 heavy (non-hydrogen) atoms. The first-order valence-electron chi connectivity index (χ1n) is 12.7. The number of nitrogens with two attached hydrogens (primary N) is 1. The molecule has 1 amide bonds. The van der Waals surface area contributed by atoms with Gasteiger partial charge in [-0.1, -0.05) is 56.3 Å². The van der Waals surface area contributed by atoms with E-state index in [1.54, 1.807) is 26.0 Å². The Morgan fingerprint density at radius 3 is 2.44 bits per heavy atom. The number of amides is 1. The molecule has 7 nitrogen and oxygen atoms in total. The van der Waals surface area contributed by atoms with E-state index in [1.165, 1.54) is 0 Å². The second kappa shape index (κ2) is 12.3. The number of carbonyl (C=O) groups is 3. The molecule has 0 aliphatic carbocycles. The Morgan fingerprint density at radius 1 is 1.05 bits per heavy atom. The highest BCUT2D eigenvalue weighted by atomic mass is 35.5. The van der Waals surface area contributed by atoms with Crippen molar-refractivity contribution in [3.8, 4) is 0 Å². The maximum Gasteiger partial charge on any atom is 0.356 e. The number of fused-ring (bicyclic) bond motifs is 1. The van der Waals surface area contributed by atoms with Crippen LogP contribution >= 0.6 is 11.9 Å². The van der Waals surface area contributed by atoms with E-state index in [1.807, 2.05) is 60.7 Å². The zero-order valence-electron chi connectivity index (χ0n) is 21.9. The largest absolute Gasteiger partial charge is 0.356 e. The second-order valence-corrected chi connectivity index (χ2v) is 9.92. The summed E-state index contributed by atoms with van der Waals surface area (Å²) >= 11 is 5.33. The number of halogens is 1. The van der Waals surface area contributed by atoms with Crippen molar-refractivity contribution in [2.45, 2.75) is 32.7 Å². The van der Waals surface area contributed by atoms with Crippen LogP contribution < -0.4 is 16.0 Å². The maximum absolute atomic E-state index is 13.7. The summed E-state index contributed by atoms with van der Waals surface area (Å²) in [5, 5.41) is 2.97. The number of para-hydroxylation sites is 2. The van der Waals surface area contributed by atoms with E-state index < -0.39 is 12.0 Å². The predicted octanol–water partition coefficient (Wildman–Crippen LogP) is 6.06. The predicted molar refractivity (Wildman–Crippen MR) is 155 cm³/mol. The molecule has 1 radical (unpaired) electrons. The standard InChI is InChI=1S/C31H31ClN3O4/c1-19(2)29(36)27(33)18-26(30(37)34-21-9-5-4-6-10-21)23-15-16-35(28-12-8-7-11-24(23)28)22-14-13-20(3)25(17-22)31(38)39-32/h4-14,17,19,27H,3,15-16,18,33H2,1-2H3,(H,34,37). The van der Waals surface area contributed by atoms with Crippen molar-refractivity contribution in [1.82, 2.24) is 0 Å². The Kier molecular flexibility index (Phi) is 8.84. The topological polar surface area (TPSA) is 102 Å². The zero-order chi connectivity index (χ0) is 28.1. The molecule has 1 heterocycles. The van der Waals surface area contributed by atoms with Crippen LogP contribution in [0.25, 0.3) is 5.57 Å². The summed E-state index contributed by atoms with van der Waals surface area (Å²) in [6, 6.07) is 21.4. The smallest absolute Gasteiger partial charge is 0.343 e. The molecule has 0 saturated carbocycles. The molecule has 0 bridgehead atoms. The van der Waals surface area contributed by atoms with E-state index in [9.17, 15) is 14.4 Å². The number of hydrogen-bond acceptors (Lipinski definition) is 6. The Hall–Kier alpha value is -3.94. The molecule has 1 aliphatic rings. The Balaban J connectivity index is 1.79. The minimum Gasteiger partial charge on any atom is -0.343 e. The molecule has 0 fully saturated rings. The van der Waals surface area contributed by atoms with Crippen molar-refractivity contribution >= 4 is 52.2 Å². The van der Waals surface area contributed by atoms with Gasteiger partial charge in [-0.15, -0.1) is 0 Å². The molecule has 0 spiro atoms. The first-order valence-corrected chi connectivity index (χ1v) is 13.1. The van der Waals surface area contributed by atoms with Gasteiger partial charge in [0.05, 0.1) is 11.6 Å². The summed E-state index contributed by atoms with van der Waals surface area (Å²) in [6.45, 7) is 8.02. The summed E-state index contributed by atoms with van der Waals surface area (Å²) in [6.07, 6.45) is 0.625. The van der Waals surface area contributed by atoms with Crippen molar-refractivity contribution in [1.29, 1.82) is 0 Å². The number of hydrogen-bond donors (Lipinski definition) is 2. The van der Waals surface area contributed by atoms with Gasteiger partial charge in [0.15, 0.2) is 5.78 Å². The molecule has 1 unspecified atom stereocenters. The van der Waals surface area contributed by atoms with Crippen LogP contribution in [-0.4, -0.2) is 30.2 Å². The van der Waals surface area contributed by atoms with E-state index in [0.717, 1.165) is 22.5 Å². The van der Waals surface area contributed by atoms with Crippen LogP contribution in [0.15, 0.2) is 78.4 Å². The van der Waals surface area contributed by atoms with E-state index >= 15 is 0 Å². The van der Waals surface area contributed by atoms with E-state index in [2.05, 4.69) is 21.4 Å². The van der Waals surface area contributed by atoms with Crippen LogP contribution in [-0.2, 0) is 13.9 Å². The van der Waals surface area contributed by atoms with Gasteiger partial charge in [0, 0.05) is 47.1 Å². The minimum atomic E-state index is -0.812. The number of benzene rings is 3. The van der Waals surface area contributed by atoms with Gasteiger partial charge in [0.25, 0.3) is 5.91 Å². The van der Waals surface area contributed by atoms with E-state index in [0.29, 0.717) is 29.8 Å². The summed E-state index contributed by atoms with van der Waals surface area (Å²) in [7, 11) is 0. The van der Waals surface area contributed by atoms with Crippen LogP contribution in [0.1, 0.15) is 48.2 Å². The van der Waals surface area contributed by atoms with Crippen molar-refractivity contribution in [2.75, 3.05) is 16.8 Å². The Labute approximate surface area is 233 Å². The molecule has 3 aromatic rings. The van der Waals surface area contributed by atoms with Gasteiger partial charge in [-0.3, -0.25) is 9.59 Å². The van der Waals surface area contributed by atoms with Crippen LogP contribution in [0.4, 0.5) is 17.1 Å². The third-order valence-electron chi connectivity index (χ3n) is 6.83. The first kappa shape index (κ1) is 28.1. The number of carbonyl (C=O) groups excluding carboxylic acids is 3. The Morgan fingerprint density at radius 2 is 1.74 bits per heavy atom. The van der Waals surface area contributed by atoms with Crippen molar-refractivity contribution in [3.63, 3.8) is 0 Å². The van der Waals surface area contributed by atoms with Gasteiger partial charge >= 0.3 is 5.97 Å². The SMILES string of the molecule is [CH2]c1ccc(N2CCC(=C(CC(N)C(=O)C(C)C)C(=O)Nc3ccccc3)c3ccccc32)cc1C(=O)OCl.